The van der Waals surface area contributed by atoms with E-state index in [9.17, 15) is 0 Å². The van der Waals surface area contributed by atoms with Crippen LogP contribution in [0.1, 0.15) is 0 Å². The molecule has 0 saturated heterocycles. The lowest BCUT2D eigenvalue weighted by atomic mass is 10.5. The summed E-state index contributed by atoms with van der Waals surface area (Å²) in [5.74, 6) is 1.66. The summed E-state index contributed by atoms with van der Waals surface area (Å²) in [6.07, 6.45) is 1.76. The fraction of sp³-hybridized carbons (Fsp3) is 0.500. The number of anilines is 2. The number of aromatic nitrogens is 2. The predicted molar refractivity (Wildman–Crippen MR) is 50.7 cm³/mol. The van der Waals surface area contributed by atoms with Crippen molar-refractivity contribution < 1.29 is 0 Å². The second kappa shape index (κ2) is 3.38. The van der Waals surface area contributed by atoms with Crippen molar-refractivity contribution in [3.63, 3.8) is 0 Å². The van der Waals surface area contributed by atoms with E-state index in [2.05, 4.69) is 9.97 Å². The molecule has 0 aromatic carbocycles. The Balaban J connectivity index is 2.96. The highest BCUT2D eigenvalue weighted by Crippen LogP contribution is 2.09. The van der Waals surface area contributed by atoms with Gasteiger partial charge in [0, 0.05) is 34.4 Å². The average Bonchev–Trinajstić information content (AvgIpc) is 2.04. The van der Waals surface area contributed by atoms with Gasteiger partial charge < -0.3 is 9.80 Å². The molecule has 0 aliphatic carbocycles. The summed E-state index contributed by atoms with van der Waals surface area (Å²) in [6, 6.07) is 1.88. The molecular formula is C8H14N4. The third-order valence-corrected chi connectivity index (χ3v) is 1.49. The normalized spacial score (nSPS) is 9.67. The van der Waals surface area contributed by atoms with Crippen molar-refractivity contribution >= 4 is 11.8 Å². The van der Waals surface area contributed by atoms with Crippen LogP contribution in [0.3, 0.4) is 0 Å². The van der Waals surface area contributed by atoms with Gasteiger partial charge in [-0.3, -0.25) is 0 Å². The van der Waals surface area contributed by atoms with Crippen LogP contribution in [0.5, 0.6) is 0 Å². The van der Waals surface area contributed by atoms with Gasteiger partial charge in [0.25, 0.3) is 0 Å². The molecule has 0 fully saturated rings. The maximum absolute atomic E-state index is 4.31. The highest BCUT2D eigenvalue weighted by Gasteiger charge is 2.01. The maximum atomic E-state index is 4.31. The monoisotopic (exact) mass is 166 g/mol. The van der Waals surface area contributed by atoms with E-state index in [-0.39, 0.29) is 0 Å². The smallest absolute Gasteiger partial charge is 0.226 e. The van der Waals surface area contributed by atoms with E-state index in [0.717, 1.165) is 11.8 Å². The molecule has 0 radical (unpaired) electrons. The van der Waals surface area contributed by atoms with Gasteiger partial charge in [-0.25, -0.2) is 4.98 Å². The lowest BCUT2D eigenvalue weighted by Gasteiger charge is -2.14. The maximum Gasteiger partial charge on any atom is 0.226 e. The van der Waals surface area contributed by atoms with Crippen LogP contribution in [0.15, 0.2) is 12.3 Å². The van der Waals surface area contributed by atoms with Gasteiger partial charge in [-0.15, -0.1) is 0 Å². The van der Waals surface area contributed by atoms with E-state index >= 15 is 0 Å². The third-order valence-electron chi connectivity index (χ3n) is 1.49. The zero-order chi connectivity index (χ0) is 9.14. The first-order chi connectivity index (χ1) is 5.61. The van der Waals surface area contributed by atoms with Crippen LogP contribution in [0.2, 0.25) is 0 Å². The van der Waals surface area contributed by atoms with Crippen LogP contribution in [0.25, 0.3) is 0 Å². The summed E-state index contributed by atoms with van der Waals surface area (Å²) in [5, 5.41) is 0. The second-order valence-electron chi connectivity index (χ2n) is 3.00. The van der Waals surface area contributed by atoms with Crippen LogP contribution in [0.4, 0.5) is 11.8 Å². The van der Waals surface area contributed by atoms with Crippen LogP contribution in [-0.4, -0.2) is 38.2 Å². The molecule has 0 bridgehead atoms. The summed E-state index contributed by atoms with van der Waals surface area (Å²) < 4.78 is 0. The molecule has 4 nitrogen and oxygen atoms in total. The summed E-state index contributed by atoms with van der Waals surface area (Å²) in [4.78, 5) is 12.3. The van der Waals surface area contributed by atoms with Crippen molar-refractivity contribution in [1.29, 1.82) is 0 Å². The average molecular weight is 166 g/mol. The molecule has 0 spiro atoms. The molecular weight excluding hydrogens is 152 g/mol. The quantitative estimate of drug-likeness (QED) is 0.644. The Kier molecular flexibility index (Phi) is 2.47. The Morgan fingerprint density at radius 2 is 1.75 bits per heavy atom. The molecule has 12 heavy (non-hydrogen) atoms. The van der Waals surface area contributed by atoms with Crippen LogP contribution < -0.4 is 9.80 Å². The van der Waals surface area contributed by atoms with Gasteiger partial charge >= 0.3 is 0 Å². The number of hydrogen-bond acceptors (Lipinski definition) is 4. The predicted octanol–water partition coefficient (Wildman–Crippen LogP) is 0.609. The lowest BCUT2D eigenvalue weighted by molar-refractivity contribution is 0.968. The van der Waals surface area contributed by atoms with Gasteiger partial charge in [0.05, 0.1) is 0 Å². The standard InChI is InChI=1S/C8H14N4/c1-11(2)7-5-6-9-8(10-7)12(3)4/h5-6H,1-4H3. The second-order valence-corrected chi connectivity index (χ2v) is 3.00. The number of nitrogens with zero attached hydrogens (tertiary/aromatic N) is 4. The van der Waals surface area contributed by atoms with E-state index < -0.39 is 0 Å². The van der Waals surface area contributed by atoms with Crippen LogP contribution in [0, 0.1) is 0 Å². The minimum absolute atomic E-state index is 0.737. The van der Waals surface area contributed by atoms with Crippen LogP contribution >= 0.6 is 0 Å². The van der Waals surface area contributed by atoms with Crippen LogP contribution in [-0.2, 0) is 0 Å². The Hall–Kier alpha value is -1.32. The minimum Gasteiger partial charge on any atom is -0.363 e. The SMILES string of the molecule is CN(C)c1ccnc(N(C)C)n1. The molecule has 0 N–H and O–H groups in total. The summed E-state index contributed by atoms with van der Waals surface area (Å²) in [6.45, 7) is 0. The third kappa shape index (κ3) is 1.84. The molecule has 1 aromatic heterocycles. The van der Waals surface area contributed by atoms with Gasteiger partial charge in [-0.2, -0.15) is 4.98 Å². The number of hydrogen-bond donors (Lipinski definition) is 0. The van der Waals surface area contributed by atoms with Gasteiger partial charge in [-0.1, -0.05) is 0 Å². The molecule has 4 heteroatoms. The van der Waals surface area contributed by atoms with Crippen molar-refractivity contribution in [3.8, 4) is 0 Å². The van der Waals surface area contributed by atoms with Crippen molar-refractivity contribution in [2.75, 3.05) is 38.0 Å². The molecule has 1 rings (SSSR count). The van der Waals surface area contributed by atoms with E-state index in [0.29, 0.717) is 0 Å². The highest BCUT2D eigenvalue weighted by molar-refractivity contribution is 5.41. The Morgan fingerprint density at radius 3 is 2.25 bits per heavy atom. The molecule has 0 aliphatic heterocycles. The van der Waals surface area contributed by atoms with Gasteiger partial charge in [0.1, 0.15) is 5.82 Å². The van der Waals surface area contributed by atoms with Gasteiger partial charge in [0.15, 0.2) is 0 Å². The molecule has 0 amide bonds. The van der Waals surface area contributed by atoms with Gasteiger partial charge in [-0.05, 0) is 6.07 Å². The Bertz CT molecular complexity index is 234. The molecule has 66 valence electrons. The highest BCUT2D eigenvalue weighted by atomic mass is 15.2. The molecule has 0 saturated carbocycles. The van der Waals surface area contributed by atoms with Crippen molar-refractivity contribution in [1.82, 2.24) is 9.97 Å². The van der Waals surface area contributed by atoms with Crippen molar-refractivity contribution in [3.05, 3.63) is 12.3 Å². The fourth-order valence-corrected chi connectivity index (χ4v) is 0.804. The van der Waals surface area contributed by atoms with Crippen molar-refractivity contribution in [2.24, 2.45) is 0 Å². The summed E-state index contributed by atoms with van der Waals surface area (Å²) in [5.41, 5.74) is 0. The van der Waals surface area contributed by atoms with E-state index in [1.54, 1.807) is 6.20 Å². The van der Waals surface area contributed by atoms with E-state index in [1.165, 1.54) is 0 Å². The van der Waals surface area contributed by atoms with E-state index in [4.69, 9.17) is 0 Å². The summed E-state index contributed by atoms with van der Waals surface area (Å²) >= 11 is 0. The van der Waals surface area contributed by atoms with Crippen molar-refractivity contribution in [2.45, 2.75) is 0 Å². The molecule has 0 unspecified atom stereocenters. The largest absolute Gasteiger partial charge is 0.363 e. The fourth-order valence-electron chi connectivity index (χ4n) is 0.804. The van der Waals surface area contributed by atoms with Gasteiger partial charge in [0.2, 0.25) is 5.95 Å². The number of rotatable bonds is 2. The Labute approximate surface area is 72.9 Å². The molecule has 1 heterocycles. The zero-order valence-electron chi connectivity index (χ0n) is 7.94. The molecule has 0 aliphatic rings. The first-order valence-electron chi connectivity index (χ1n) is 3.79. The Morgan fingerprint density at radius 1 is 1.08 bits per heavy atom. The first kappa shape index (κ1) is 8.77. The molecule has 0 atom stereocenters. The topological polar surface area (TPSA) is 32.3 Å². The zero-order valence-corrected chi connectivity index (χ0v) is 7.94. The minimum atomic E-state index is 0.737. The first-order valence-corrected chi connectivity index (χ1v) is 3.79. The van der Waals surface area contributed by atoms with E-state index in [1.807, 2.05) is 44.1 Å². The lowest BCUT2D eigenvalue weighted by Crippen LogP contribution is -2.16. The molecule has 1 aromatic rings. The summed E-state index contributed by atoms with van der Waals surface area (Å²) in [7, 11) is 7.77.